The highest BCUT2D eigenvalue weighted by Gasteiger charge is 2.32. The molecule has 0 saturated heterocycles. The van der Waals surface area contributed by atoms with Crippen molar-refractivity contribution in [2.24, 2.45) is 0 Å². The molecular formula is C22H28FN3O3S. The van der Waals surface area contributed by atoms with Gasteiger partial charge in [0, 0.05) is 32.2 Å². The van der Waals surface area contributed by atoms with Crippen LogP contribution in [0.3, 0.4) is 0 Å². The molecule has 1 fully saturated rings. The van der Waals surface area contributed by atoms with E-state index in [1.807, 2.05) is 13.8 Å². The fourth-order valence-corrected chi connectivity index (χ4v) is 4.77. The van der Waals surface area contributed by atoms with Gasteiger partial charge in [0.2, 0.25) is 10.0 Å². The smallest absolute Gasteiger partial charge is 0.318 e. The molecule has 1 saturated carbocycles. The second-order valence-corrected chi connectivity index (χ2v) is 9.32. The van der Waals surface area contributed by atoms with Gasteiger partial charge in [-0.15, -0.1) is 0 Å². The summed E-state index contributed by atoms with van der Waals surface area (Å²) in [6.07, 6.45) is 1.93. The van der Waals surface area contributed by atoms with Crippen LogP contribution in [0.15, 0.2) is 53.4 Å². The van der Waals surface area contributed by atoms with Crippen molar-refractivity contribution in [1.29, 1.82) is 0 Å². The third-order valence-electron chi connectivity index (χ3n) is 5.22. The van der Waals surface area contributed by atoms with Crippen LogP contribution < -0.4 is 5.32 Å². The highest BCUT2D eigenvalue weighted by Crippen LogP contribution is 2.28. The van der Waals surface area contributed by atoms with Gasteiger partial charge in [-0.3, -0.25) is 0 Å². The van der Waals surface area contributed by atoms with Gasteiger partial charge < -0.3 is 10.2 Å². The Bertz CT molecular complexity index is 954. The normalized spacial score (nSPS) is 14.0. The highest BCUT2D eigenvalue weighted by molar-refractivity contribution is 7.89. The maximum atomic E-state index is 13.1. The number of hydrogen-bond acceptors (Lipinski definition) is 3. The summed E-state index contributed by atoms with van der Waals surface area (Å²) in [6.45, 7) is 5.18. The molecule has 2 aromatic carbocycles. The lowest BCUT2D eigenvalue weighted by molar-refractivity contribution is 0.191. The van der Waals surface area contributed by atoms with Crippen molar-refractivity contribution in [3.8, 4) is 0 Å². The predicted molar refractivity (Wildman–Crippen MR) is 114 cm³/mol. The van der Waals surface area contributed by atoms with Gasteiger partial charge in [0.15, 0.2) is 0 Å². The summed E-state index contributed by atoms with van der Waals surface area (Å²) in [5.41, 5.74) is 1.70. The highest BCUT2D eigenvalue weighted by atomic mass is 32.2. The fraction of sp³-hybridized carbons (Fsp3) is 0.409. The molecule has 0 aliphatic heterocycles. The molecule has 6 nitrogen and oxygen atoms in total. The molecule has 0 unspecified atom stereocenters. The van der Waals surface area contributed by atoms with E-state index in [-0.39, 0.29) is 22.8 Å². The summed E-state index contributed by atoms with van der Waals surface area (Å²) in [6, 6.07) is 12.8. The SMILES string of the molecule is CCN(CC)S(=O)(=O)c1ccc(CNC(=O)N(Cc2ccc(F)cc2)C2CC2)cc1. The van der Waals surface area contributed by atoms with Crippen LogP contribution in [-0.2, 0) is 23.1 Å². The number of hydrogen-bond donors (Lipinski definition) is 1. The zero-order chi connectivity index (χ0) is 21.7. The molecule has 2 aromatic rings. The summed E-state index contributed by atoms with van der Waals surface area (Å²) >= 11 is 0. The first-order chi connectivity index (χ1) is 14.3. The van der Waals surface area contributed by atoms with Crippen LogP contribution in [-0.4, -0.2) is 42.8 Å². The monoisotopic (exact) mass is 433 g/mol. The zero-order valence-corrected chi connectivity index (χ0v) is 18.2. The second kappa shape index (κ2) is 9.57. The van der Waals surface area contributed by atoms with Gasteiger partial charge in [-0.1, -0.05) is 38.1 Å². The standard InChI is InChI=1S/C22H28FN3O3S/c1-3-25(4-2)30(28,29)21-13-7-17(8-14-21)15-24-22(27)26(20-11-12-20)16-18-5-9-19(23)10-6-18/h5-10,13-14,20H,3-4,11-12,15-16H2,1-2H3,(H,24,27). The Labute approximate surface area is 177 Å². The first-order valence-electron chi connectivity index (χ1n) is 10.2. The Balaban J connectivity index is 1.61. The number of carbonyl (C=O) groups is 1. The molecule has 1 aliphatic carbocycles. The van der Waals surface area contributed by atoms with Gasteiger partial charge in [-0.25, -0.2) is 17.6 Å². The van der Waals surface area contributed by atoms with Gasteiger partial charge in [0.05, 0.1) is 4.90 Å². The van der Waals surface area contributed by atoms with E-state index in [2.05, 4.69) is 5.32 Å². The van der Waals surface area contributed by atoms with E-state index in [0.29, 0.717) is 26.2 Å². The van der Waals surface area contributed by atoms with Crippen molar-refractivity contribution in [2.45, 2.75) is 50.7 Å². The summed E-state index contributed by atoms with van der Waals surface area (Å²) in [7, 11) is -3.49. The first-order valence-corrected chi connectivity index (χ1v) is 11.7. The molecule has 0 radical (unpaired) electrons. The number of urea groups is 1. The second-order valence-electron chi connectivity index (χ2n) is 7.38. The minimum Gasteiger partial charge on any atom is -0.334 e. The Hall–Kier alpha value is -2.45. The summed E-state index contributed by atoms with van der Waals surface area (Å²) in [5, 5.41) is 2.91. The molecule has 0 bridgehead atoms. The number of halogens is 1. The molecule has 0 atom stereocenters. The molecule has 1 aliphatic rings. The van der Waals surface area contributed by atoms with E-state index in [1.54, 1.807) is 41.3 Å². The number of rotatable bonds is 9. The van der Waals surface area contributed by atoms with E-state index in [4.69, 9.17) is 0 Å². The summed E-state index contributed by atoms with van der Waals surface area (Å²) in [4.78, 5) is 14.7. The van der Waals surface area contributed by atoms with Crippen molar-refractivity contribution in [3.63, 3.8) is 0 Å². The lowest BCUT2D eigenvalue weighted by atomic mass is 10.2. The summed E-state index contributed by atoms with van der Waals surface area (Å²) in [5.74, 6) is -0.298. The summed E-state index contributed by atoms with van der Waals surface area (Å²) < 4.78 is 39.7. The molecule has 3 rings (SSSR count). The Morgan fingerprint density at radius 3 is 2.10 bits per heavy atom. The van der Waals surface area contributed by atoms with Gasteiger partial charge in [-0.2, -0.15) is 4.31 Å². The van der Waals surface area contributed by atoms with E-state index < -0.39 is 10.0 Å². The number of sulfonamides is 1. The maximum absolute atomic E-state index is 13.1. The van der Waals surface area contributed by atoms with Crippen LogP contribution in [0.4, 0.5) is 9.18 Å². The lowest BCUT2D eigenvalue weighted by Gasteiger charge is -2.23. The van der Waals surface area contributed by atoms with Crippen molar-refractivity contribution >= 4 is 16.1 Å². The molecular weight excluding hydrogens is 405 g/mol. The van der Waals surface area contributed by atoms with E-state index in [0.717, 1.165) is 24.0 Å². The molecule has 8 heteroatoms. The Morgan fingerprint density at radius 2 is 1.57 bits per heavy atom. The number of benzene rings is 2. The largest absolute Gasteiger partial charge is 0.334 e. The van der Waals surface area contributed by atoms with Crippen LogP contribution in [0.2, 0.25) is 0 Å². The van der Waals surface area contributed by atoms with Crippen molar-refractivity contribution in [3.05, 3.63) is 65.5 Å². The minimum absolute atomic E-state index is 0.179. The van der Waals surface area contributed by atoms with Gasteiger partial charge in [-0.05, 0) is 48.2 Å². The van der Waals surface area contributed by atoms with Crippen LogP contribution in [0.5, 0.6) is 0 Å². The minimum atomic E-state index is -3.49. The average Bonchev–Trinajstić information content (AvgIpc) is 3.58. The number of carbonyl (C=O) groups excluding carboxylic acids is 1. The average molecular weight is 434 g/mol. The Kier molecular flexibility index (Phi) is 7.10. The van der Waals surface area contributed by atoms with Gasteiger partial charge in [0.1, 0.15) is 5.82 Å². The van der Waals surface area contributed by atoms with Crippen molar-refractivity contribution < 1.29 is 17.6 Å². The third-order valence-corrected chi connectivity index (χ3v) is 7.29. The predicted octanol–water partition coefficient (Wildman–Crippen LogP) is 3.73. The molecule has 2 amide bonds. The molecule has 0 spiro atoms. The van der Waals surface area contributed by atoms with Gasteiger partial charge >= 0.3 is 6.03 Å². The van der Waals surface area contributed by atoms with Crippen molar-refractivity contribution in [2.75, 3.05) is 13.1 Å². The van der Waals surface area contributed by atoms with Gasteiger partial charge in [0.25, 0.3) is 0 Å². The number of nitrogens with one attached hydrogen (secondary N) is 1. The quantitative estimate of drug-likeness (QED) is 0.655. The number of amides is 2. The Morgan fingerprint density at radius 1 is 1.00 bits per heavy atom. The van der Waals surface area contributed by atoms with Crippen LogP contribution in [0.1, 0.15) is 37.8 Å². The fourth-order valence-electron chi connectivity index (χ4n) is 3.31. The van der Waals surface area contributed by atoms with E-state index in [1.165, 1.54) is 16.4 Å². The molecule has 162 valence electrons. The molecule has 0 aromatic heterocycles. The van der Waals surface area contributed by atoms with Crippen LogP contribution in [0, 0.1) is 5.82 Å². The number of nitrogens with zero attached hydrogens (tertiary/aromatic N) is 2. The van der Waals surface area contributed by atoms with Crippen LogP contribution in [0.25, 0.3) is 0 Å². The first kappa shape index (κ1) is 22.2. The maximum Gasteiger partial charge on any atom is 0.318 e. The van der Waals surface area contributed by atoms with Crippen molar-refractivity contribution in [1.82, 2.24) is 14.5 Å². The zero-order valence-electron chi connectivity index (χ0n) is 17.3. The van der Waals surface area contributed by atoms with E-state index in [9.17, 15) is 17.6 Å². The molecule has 30 heavy (non-hydrogen) atoms. The topological polar surface area (TPSA) is 69.7 Å². The molecule has 1 N–H and O–H groups in total. The lowest BCUT2D eigenvalue weighted by Crippen LogP contribution is -2.40. The third kappa shape index (κ3) is 5.37. The van der Waals surface area contributed by atoms with E-state index >= 15 is 0 Å². The van der Waals surface area contributed by atoms with Crippen LogP contribution >= 0.6 is 0 Å². The molecule has 0 heterocycles.